The van der Waals surface area contributed by atoms with Crippen LogP contribution in [-0.2, 0) is 20.9 Å². The van der Waals surface area contributed by atoms with Crippen molar-refractivity contribution in [1.82, 2.24) is 4.31 Å². The van der Waals surface area contributed by atoms with Crippen LogP contribution < -0.4 is 5.73 Å². The highest BCUT2D eigenvalue weighted by Gasteiger charge is 2.38. The molecule has 5 nitrogen and oxygen atoms in total. The van der Waals surface area contributed by atoms with Crippen molar-refractivity contribution in [2.24, 2.45) is 5.73 Å². The third-order valence-corrected chi connectivity index (χ3v) is 4.63. The van der Waals surface area contributed by atoms with Crippen molar-refractivity contribution in [2.45, 2.75) is 17.1 Å². The number of benzene rings is 1. The number of methoxy groups -OCH3 is 1. The second-order valence-corrected chi connectivity index (χ2v) is 6.51. The number of sulfonamides is 1. The summed E-state index contributed by atoms with van der Waals surface area (Å²) < 4.78 is 68.8. The molecular formula is C12H17F3N2O3S. The third-order valence-electron chi connectivity index (χ3n) is 2.75. The quantitative estimate of drug-likeness (QED) is 0.855. The van der Waals surface area contributed by atoms with Crippen molar-refractivity contribution >= 4 is 10.0 Å². The van der Waals surface area contributed by atoms with E-state index in [-0.39, 0.29) is 13.2 Å². The first-order valence-electron chi connectivity index (χ1n) is 5.97. The highest BCUT2D eigenvalue weighted by atomic mass is 32.2. The molecule has 0 radical (unpaired) electrons. The van der Waals surface area contributed by atoms with Crippen LogP contribution in [0.15, 0.2) is 29.2 Å². The molecule has 0 saturated heterocycles. The Morgan fingerprint density at radius 2 is 1.90 bits per heavy atom. The van der Waals surface area contributed by atoms with Crippen molar-refractivity contribution in [3.05, 3.63) is 29.8 Å². The standard InChI is InChI=1S/C12H17F3N2O3S/c1-17(7-9(16)8-20-2)21(18,19)11-6-4-3-5-10(11)12(13,14)15/h3-6,9H,7-8,16H2,1-2H3. The minimum atomic E-state index is -4.75. The molecule has 21 heavy (non-hydrogen) atoms. The molecule has 0 amide bonds. The van der Waals surface area contributed by atoms with Gasteiger partial charge in [-0.1, -0.05) is 12.1 Å². The zero-order valence-electron chi connectivity index (χ0n) is 11.6. The fourth-order valence-corrected chi connectivity index (χ4v) is 3.22. The van der Waals surface area contributed by atoms with E-state index in [2.05, 4.69) is 0 Å². The smallest absolute Gasteiger partial charge is 0.383 e. The van der Waals surface area contributed by atoms with E-state index in [9.17, 15) is 21.6 Å². The summed E-state index contributed by atoms with van der Waals surface area (Å²) in [5.41, 5.74) is 4.43. The Labute approximate surface area is 121 Å². The van der Waals surface area contributed by atoms with Crippen LogP contribution in [0.2, 0.25) is 0 Å². The molecule has 0 aliphatic rings. The number of halogens is 3. The van der Waals surface area contributed by atoms with E-state index in [0.717, 1.165) is 22.5 Å². The molecule has 0 aliphatic carbocycles. The van der Waals surface area contributed by atoms with E-state index in [1.54, 1.807) is 0 Å². The van der Waals surface area contributed by atoms with Crippen molar-refractivity contribution in [1.29, 1.82) is 0 Å². The molecule has 1 aromatic rings. The molecule has 1 rings (SSSR count). The Hall–Kier alpha value is -1.16. The van der Waals surface area contributed by atoms with Crippen LogP contribution in [0.4, 0.5) is 13.2 Å². The molecule has 0 aromatic heterocycles. The molecule has 120 valence electrons. The molecule has 1 atom stereocenters. The Morgan fingerprint density at radius 3 is 2.43 bits per heavy atom. The minimum Gasteiger partial charge on any atom is -0.383 e. The van der Waals surface area contributed by atoms with Gasteiger partial charge in [-0.05, 0) is 12.1 Å². The number of rotatable bonds is 6. The molecular weight excluding hydrogens is 309 g/mol. The zero-order chi connectivity index (χ0) is 16.3. The number of nitrogens with two attached hydrogens (primary N) is 1. The molecule has 9 heteroatoms. The van der Waals surface area contributed by atoms with Gasteiger partial charge in [-0.25, -0.2) is 8.42 Å². The normalized spacial score (nSPS) is 14.4. The number of likely N-dealkylation sites (N-methyl/N-ethyl adjacent to an activating group) is 1. The van der Waals surface area contributed by atoms with Gasteiger partial charge in [-0.3, -0.25) is 0 Å². The first-order valence-corrected chi connectivity index (χ1v) is 7.41. The van der Waals surface area contributed by atoms with Gasteiger partial charge < -0.3 is 10.5 Å². The minimum absolute atomic E-state index is 0.0980. The van der Waals surface area contributed by atoms with Gasteiger partial charge in [-0.2, -0.15) is 17.5 Å². The summed E-state index contributed by atoms with van der Waals surface area (Å²) in [5.74, 6) is 0. The summed E-state index contributed by atoms with van der Waals surface area (Å²) in [4.78, 5) is -0.787. The van der Waals surface area contributed by atoms with Crippen molar-refractivity contribution in [3.8, 4) is 0 Å². The van der Waals surface area contributed by atoms with Crippen LogP contribution in [-0.4, -0.2) is 46.1 Å². The number of nitrogens with zero attached hydrogens (tertiary/aromatic N) is 1. The summed E-state index contributed by atoms with van der Waals surface area (Å²) in [6.45, 7) is -0.0524. The molecule has 0 spiro atoms. The summed E-state index contributed by atoms with van der Waals surface area (Å²) in [6.07, 6.45) is -4.75. The maximum Gasteiger partial charge on any atom is 0.417 e. The van der Waals surface area contributed by atoms with Gasteiger partial charge in [0, 0.05) is 26.7 Å². The van der Waals surface area contributed by atoms with Crippen molar-refractivity contribution < 1.29 is 26.3 Å². The average molecular weight is 326 g/mol. The lowest BCUT2D eigenvalue weighted by Crippen LogP contribution is -2.41. The lowest BCUT2D eigenvalue weighted by Gasteiger charge is -2.22. The summed E-state index contributed by atoms with van der Waals surface area (Å²) in [5, 5.41) is 0. The maximum absolute atomic E-state index is 12.9. The summed E-state index contributed by atoms with van der Waals surface area (Å²) in [6, 6.07) is 3.41. The van der Waals surface area contributed by atoms with Crippen LogP contribution in [0, 0.1) is 0 Å². The van der Waals surface area contributed by atoms with E-state index in [4.69, 9.17) is 10.5 Å². The van der Waals surface area contributed by atoms with Gasteiger partial charge in [0.1, 0.15) is 0 Å². The molecule has 0 bridgehead atoms. The number of hydrogen-bond acceptors (Lipinski definition) is 4. The lowest BCUT2D eigenvalue weighted by molar-refractivity contribution is -0.139. The summed E-state index contributed by atoms with van der Waals surface area (Å²) >= 11 is 0. The third kappa shape index (κ3) is 4.40. The lowest BCUT2D eigenvalue weighted by atomic mass is 10.2. The van der Waals surface area contributed by atoms with Gasteiger partial charge in [0.05, 0.1) is 17.1 Å². The Morgan fingerprint density at radius 1 is 1.33 bits per heavy atom. The van der Waals surface area contributed by atoms with E-state index >= 15 is 0 Å². The zero-order valence-corrected chi connectivity index (χ0v) is 12.4. The second-order valence-electron chi connectivity index (χ2n) is 4.49. The molecule has 0 saturated carbocycles. The van der Waals surface area contributed by atoms with Crippen LogP contribution in [0.25, 0.3) is 0 Å². The molecule has 1 aromatic carbocycles. The molecule has 0 fully saturated rings. The Bertz CT molecular complexity index is 575. The monoisotopic (exact) mass is 326 g/mol. The predicted molar refractivity (Wildman–Crippen MR) is 71.1 cm³/mol. The van der Waals surface area contributed by atoms with Gasteiger partial charge in [0.25, 0.3) is 0 Å². The average Bonchev–Trinajstić information content (AvgIpc) is 2.37. The van der Waals surface area contributed by atoms with E-state index in [1.807, 2.05) is 0 Å². The van der Waals surface area contributed by atoms with Crippen LogP contribution in [0.1, 0.15) is 5.56 Å². The Balaban J connectivity index is 3.14. The van der Waals surface area contributed by atoms with E-state index in [1.165, 1.54) is 20.2 Å². The first-order chi connectivity index (χ1) is 9.60. The number of alkyl halides is 3. The van der Waals surface area contributed by atoms with Gasteiger partial charge in [0.15, 0.2) is 0 Å². The topological polar surface area (TPSA) is 72.6 Å². The van der Waals surface area contributed by atoms with E-state index < -0.39 is 32.7 Å². The van der Waals surface area contributed by atoms with Gasteiger partial charge in [0.2, 0.25) is 10.0 Å². The number of hydrogen-bond donors (Lipinski definition) is 1. The van der Waals surface area contributed by atoms with E-state index in [0.29, 0.717) is 0 Å². The van der Waals surface area contributed by atoms with Crippen molar-refractivity contribution in [2.75, 3.05) is 27.3 Å². The maximum atomic E-state index is 12.9. The highest BCUT2D eigenvalue weighted by molar-refractivity contribution is 7.89. The van der Waals surface area contributed by atoms with Gasteiger partial charge >= 0.3 is 6.18 Å². The Kier molecular flexibility index (Phi) is 5.74. The number of ether oxygens (including phenoxy) is 1. The second kappa shape index (κ2) is 6.73. The van der Waals surface area contributed by atoms with Crippen molar-refractivity contribution in [3.63, 3.8) is 0 Å². The summed E-state index contributed by atoms with van der Waals surface area (Å²) in [7, 11) is -1.71. The van der Waals surface area contributed by atoms with Crippen LogP contribution in [0.3, 0.4) is 0 Å². The molecule has 1 unspecified atom stereocenters. The first kappa shape index (κ1) is 17.9. The highest BCUT2D eigenvalue weighted by Crippen LogP contribution is 2.34. The van der Waals surface area contributed by atoms with Gasteiger partial charge in [-0.15, -0.1) is 0 Å². The predicted octanol–water partition coefficient (Wildman–Crippen LogP) is 1.30. The molecule has 2 N–H and O–H groups in total. The fraction of sp³-hybridized carbons (Fsp3) is 0.500. The van der Waals surface area contributed by atoms with Crippen LogP contribution in [0.5, 0.6) is 0 Å². The fourth-order valence-electron chi connectivity index (χ4n) is 1.79. The largest absolute Gasteiger partial charge is 0.417 e. The van der Waals surface area contributed by atoms with Crippen LogP contribution >= 0.6 is 0 Å². The molecule has 0 aliphatic heterocycles. The molecule has 0 heterocycles. The SMILES string of the molecule is COCC(N)CN(C)S(=O)(=O)c1ccccc1C(F)(F)F.